The van der Waals surface area contributed by atoms with E-state index in [4.69, 9.17) is 9.72 Å². The van der Waals surface area contributed by atoms with Crippen LogP contribution in [0.3, 0.4) is 0 Å². The molecule has 0 aliphatic heterocycles. The van der Waals surface area contributed by atoms with E-state index >= 15 is 0 Å². The van der Waals surface area contributed by atoms with Gasteiger partial charge in [-0.25, -0.2) is 0 Å². The maximum absolute atomic E-state index is 5.95. The predicted molar refractivity (Wildman–Crippen MR) is 82.9 cm³/mol. The minimum Gasteiger partial charge on any atom is -0.373 e. The fraction of sp³-hybridized carbons (Fsp3) is 0.706. The second-order valence-electron chi connectivity index (χ2n) is 6.53. The Hall–Kier alpha value is -0.930. The molecule has 2 rings (SSSR count). The molecule has 0 saturated heterocycles. The van der Waals surface area contributed by atoms with E-state index in [0.29, 0.717) is 5.92 Å². The highest BCUT2D eigenvalue weighted by atomic mass is 16.5. The second-order valence-corrected chi connectivity index (χ2v) is 6.53. The molecule has 3 nitrogen and oxygen atoms in total. The van der Waals surface area contributed by atoms with E-state index in [9.17, 15) is 0 Å². The number of aromatic nitrogens is 1. The van der Waals surface area contributed by atoms with Gasteiger partial charge in [0.2, 0.25) is 0 Å². The first kappa shape index (κ1) is 15.5. The van der Waals surface area contributed by atoms with Gasteiger partial charge in [0, 0.05) is 24.9 Å². The Morgan fingerprint density at radius 2 is 1.90 bits per heavy atom. The Morgan fingerprint density at radius 3 is 2.40 bits per heavy atom. The van der Waals surface area contributed by atoms with E-state index < -0.39 is 0 Å². The van der Waals surface area contributed by atoms with Gasteiger partial charge in [-0.15, -0.1) is 0 Å². The van der Waals surface area contributed by atoms with Gasteiger partial charge in [-0.05, 0) is 38.9 Å². The number of hydrogen-bond donors (Lipinski definition) is 0. The first-order chi connectivity index (χ1) is 9.48. The summed E-state index contributed by atoms with van der Waals surface area (Å²) in [5.74, 6) is 0.465. The van der Waals surface area contributed by atoms with Gasteiger partial charge in [0.15, 0.2) is 0 Å². The van der Waals surface area contributed by atoms with Crippen LogP contribution < -0.4 is 0 Å². The van der Waals surface area contributed by atoms with Gasteiger partial charge in [-0.2, -0.15) is 0 Å². The van der Waals surface area contributed by atoms with Crippen molar-refractivity contribution < 1.29 is 4.74 Å². The first-order valence-corrected chi connectivity index (χ1v) is 7.68. The summed E-state index contributed by atoms with van der Waals surface area (Å²) in [4.78, 5) is 7.12. The summed E-state index contributed by atoms with van der Waals surface area (Å²) in [6.45, 7) is 5.27. The molecular weight excluding hydrogens is 248 g/mol. The molecule has 1 heterocycles. The summed E-state index contributed by atoms with van der Waals surface area (Å²) in [5.41, 5.74) is 3.56. The summed E-state index contributed by atoms with van der Waals surface area (Å²) >= 11 is 0. The van der Waals surface area contributed by atoms with Crippen LogP contribution in [0, 0.1) is 0 Å². The Bertz CT molecular complexity index is 448. The molecule has 0 aromatic carbocycles. The number of rotatable bonds is 5. The van der Waals surface area contributed by atoms with Crippen molar-refractivity contribution in [2.75, 3.05) is 21.2 Å². The lowest BCUT2D eigenvalue weighted by Gasteiger charge is -2.31. The largest absolute Gasteiger partial charge is 0.373 e. The standard InChI is InChI=1S/C17H28N2O/c1-13(2)15-9-8-14(16(18-15)12-19(3)4)17(20-5)10-6-7-11-17/h8-9,13H,6-7,10-12H2,1-5H3. The van der Waals surface area contributed by atoms with E-state index in [1.807, 2.05) is 7.11 Å². The fourth-order valence-electron chi connectivity index (χ4n) is 3.20. The molecule has 1 aliphatic carbocycles. The maximum atomic E-state index is 5.95. The third kappa shape index (κ3) is 3.04. The summed E-state index contributed by atoms with van der Waals surface area (Å²) in [5, 5.41) is 0. The van der Waals surface area contributed by atoms with Crippen molar-refractivity contribution >= 4 is 0 Å². The van der Waals surface area contributed by atoms with Crippen LogP contribution in [0.4, 0.5) is 0 Å². The maximum Gasteiger partial charge on any atom is 0.0945 e. The van der Waals surface area contributed by atoms with Crippen LogP contribution in [-0.2, 0) is 16.9 Å². The summed E-state index contributed by atoms with van der Waals surface area (Å²) in [6.07, 6.45) is 4.74. The third-order valence-corrected chi connectivity index (χ3v) is 4.35. The zero-order chi connectivity index (χ0) is 14.8. The fourth-order valence-corrected chi connectivity index (χ4v) is 3.20. The zero-order valence-electron chi connectivity index (χ0n) is 13.6. The molecule has 0 atom stereocenters. The first-order valence-electron chi connectivity index (χ1n) is 7.68. The molecule has 1 saturated carbocycles. The molecule has 0 amide bonds. The van der Waals surface area contributed by atoms with Crippen LogP contribution >= 0.6 is 0 Å². The third-order valence-electron chi connectivity index (χ3n) is 4.35. The molecule has 112 valence electrons. The molecule has 0 unspecified atom stereocenters. The highest BCUT2D eigenvalue weighted by Gasteiger charge is 2.37. The summed E-state index contributed by atoms with van der Waals surface area (Å²) < 4.78 is 5.95. The van der Waals surface area contributed by atoms with Crippen LogP contribution in [0.2, 0.25) is 0 Å². The van der Waals surface area contributed by atoms with Gasteiger partial charge in [-0.1, -0.05) is 32.8 Å². The number of hydrogen-bond acceptors (Lipinski definition) is 3. The van der Waals surface area contributed by atoms with Gasteiger partial charge >= 0.3 is 0 Å². The van der Waals surface area contributed by atoms with Crippen molar-refractivity contribution in [1.82, 2.24) is 9.88 Å². The Balaban J connectivity index is 2.45. The van der Waals surface area contributed by atoms with Crippen LogP contribution in [0.1, 0.15) is 62.4 Å². The van der Waals surface area contributed by atoms with Crippen LogP contribution in [0.15, 0.2) is 12.1 Å². The molecule has 1 aromatic rings. The van der Waals surface area contributed by atoms with E-state index in [0.717, 1.165) is 19.4 Å². The van der Waals surface area contributed by atoms with Crippen LogP contribution in [0.5, 0.6) is 0 Å². The Morgan fingerprint density at radius 1 is 1.25 bits per heavy atom. The summed E-state index contributed by atoms with van der Waals surface area (Å²) in [6, 6.07) is 4.44. The molecule has 1 aromatic heterocycles. The molecule has 0 radical (unpaired) electrons. The minimum atomic E-state index is -0.103. The highest BCUT2D eigenvalue weighted by molar-refractivity contribution is 5.31. The van der Waals surface area contributed by atoms with Gasteiger partial charge < -0.3 is 9.64 Å². The monoisotopic (exact) mass is 276 g/mol. The van der Waals surface area contributed by atoms with Crippen molar-refractivity contribution in [3.63, 3.8) is 0 Å². The molecule has 20 heavy (non-hydrogen) atoms. The van der Waals surface area contributed by atoms with E-state index in [1.54, 1.807) is 0 Å². The Kier molecular flexibility index (Phi) is 4.82. The molecule has 1 aliphatic rings. The van der Waals surface area contributed by atoms with E-state index in [1.165, 1.54) is 29.8 Å². The smallest absolute Gasteiger partial charge is 0.0945 e. The van der Waals surface area contributed by atoms with Gasteiger partial charge in [0.25, 0.3) is 0 Å². The quantitative estimate of drug-likeness (QED) is 0.820. The predicted octanol–water partition coefficient (Wildman–Crippen LogP) is 3.68. The second kappa shape index (κ2) is 6.23. The molecule has 0 N–H and O–H groups in total. The number of methoxy groups -OCH3 is 1. The number of pyridine rings is 1. The molecule has 0 spiro atoms. The van der Waals surface area contributed by atoms with Crippen molar-refractivity contribution in [3.8, 4) is 0 Å². The van der Waals surface area contributed by atoms with Gasteiger partial charge in [0.1, 0.15) is 0 Å². The number of nitrogens with zero attached hydrogens (tertiary/aromatic N) is 2. The van der Waals surface area contributed by atoms with E-state index in [2.05, 4.69) is 45.0 Å². The lowest BCUT2D eigenvalue weighted by Crippen LogP contribution is -2.28. The average molecular weight is 276 g/mol. The van der Waals surface area contributed by atoms with Crippen molar-refractivity contribution in [1.29, 1.82) is 0 Å². The highest BCUT2D eigenvalue weighted by Crippen LogP contribution is 2.43. The normalized spacial score (nSPS) is 18.1. The topological polar surface area (TPSA) is 25.4 Å². The Labute approximate surface area is 123 Å². The molecular formula is C17H28N2O. The summed E-state index contributed by atoms with van der Waals surface area (Å²) in [7, 11) is 6.05. The lowest BCUT2D eigenvalue weighted by atomic mass is 9.89. The molecule has 3 heteroatoms. The zero-order valence-corrected chi connectivity index (χ0v) is 13.6. The van der Waals surface area contributed by atoms with Gasteiger partial charge in [-0.3, -0.25) is 4.98 Å². The molecule has 0 bridgehead atoms. The molecule has 1 fully saturated rings. The number of ether oxygens (including phenoxy) is 1. The minimum absolute atomic E-state index is 0.103. The SMILES string of the molecule is COC1(c2ccc(C(C)C)nc2CN(C)C)CCCC1. The van der Waals surface area contributed by atoms with E-state index in [-0.39, 0.29) is 5.60 Å². The van der Waals surface area contributed by atoms with Crippen molar-refractivity contribution in [2.24, 2.45) is 0 Å². The van der Waals surface area contributed by atoms with Crippen molar-refractivity contribution in [3.05, 3.63) is 29.1 Å². The average Bonchev–Trinajstić information content (AvgIpc) is 2.87. The lowest BCUT2D eigenvalue weighted by molar-refractivity contribution is -0.0101. The van der Waals surface area contributed by atoms with Crippen LogP contribution in [0.25, 0.3) is 0 Å². The van der Waals surface area contributed by atoms with Crippen molar-refractivity contribution in [2.45, 2.75) is 57.6 Å². The van der Waals surface area contributed by atoms with Crippen LogP contribution in [-0.4, -0.2) is 31.1 Å². The van der Waals surface area contributed by atoms with Gasteiger partial charge in [0.05, 0.1) is 11.3 Å².